The molecule has 2 nitrogen and oxygen atoms in total. The molecule has 0 aliphatic rings. The Labute approximate surface area is 107 Å². The van der Waals surface area contributed by atoms with E-state index < -0.39 is 0 Å². The summed E-state index contributed by atoms with van der Waals surface area (Å²) in [6, 6.07) is 7.55. The van der Waals surface area contributed by atoms with E-state index in [0.717, 1.165) is 9.92 Å². The van der Waals surface area contributed by atoms with Crippen molar-refractivity contribution in [3.8, 4) is 0 Å². The molecule has 0 saturated heterocycles. The fourth-order valence-corrected chi connectivity index (χ4v) is 2.01. The number of halogens is 1. The monoisotopic (exact) mass is 259 g/mol. The highest BCUT2D eigenvalue weighted by atomic mass is 35.5. The van der Waals surface area contributed by atoms with Gasteiger partial charge >= 0.3 is 0 Å². The third-order valence-electron chi connectivity index (χ3n) is 1.52. The van der Waals surface area contributed by atoms with E-state index in [0.29, 0.717) is 6.54 Å². The van der Waals surface area contributed by atoms with Crippen LogP contribution in [0.5, 0.6) is 0 Å². The van der Waals surface area contributed by atoms with Gasteiger partial charge in [-0.1, -0.05) is 25.4 Å². The van der Waals surface area contributed by atoms with Gasteiger partial charge < -0.3 is 0 Å². The van der Waals surface area contributed by atoms with Crippen LogP contribution in [0.15, 0.2) is 29.2 Å². The van der Waals surface area contributed by atoms with Gasteiger partial charge in [-0.05, 0) is 50.2 Å². The van der Waals surface area contributed by atoms with Crippen molar-refractivity contribution < 1.29 is 4.79 Å². The van der Waals surface area contributed by atoms with Crippen LogP contribution in [0.25, 0.3) is 0 Å². The molecule has 0 spiro atoms. The molecule has 90 valence electrons. The summed E-state index contributed by atoms with van der Waals surface area (Å²) < 4.78 is 1.89. The van der Waals surface area contributed by atoms with Gasteiger partial charge in [0.2, 0.25) is 0 Å². The van der Waals surface area contributed by atoms with Gasteiger partial charge in [-0.25, -0.2) is 4.31 Å². The highest BCUT2D eigenvalue weighted by Crippen LogP contribution is 2.22. The predicted molar refractivity (Wildman–Crippen MR) is 72.0 cm³/mol. The second kappa shape index (κ2) is 8.62. The van der Waals surface area contributed by atoms with E-state index in [-0.39, 0.29) is 5.78 Å². The van der Waals surface area contributed by atoms with Crippen molar-refractivity contribution in [1.82, 2.24) is 4.31 Å². The zero-order chi connectivity index (χ0) is 12.6. The SMILES string of the molecule is CC.CC(=O)CN(C)Sc1ccc(Cl)cc1. The van der Waals surface area contributed by atoms with Gasteiger partial charge in [-0.2, -0.15) is 0 Å². The fourth-order valence-electron chi connectivity index (χ4n) is 1.02. The van der Waals surface area contributed by atoms with Crippen molar-refractivity contribution in [1.29, 1.82) is 0 Å². The Morgan fingerprint density at radius 1 is 1.31 bits per heavy atom. The summed E-state index contributed by atoms with van der Waals surface area (Å²) in [6.45, 7) is 6.03. The van der Waals surface area contributed by atoms with E-state index in [9.17, 15) is 4.79 Å². The number of carbonyl (C=O) groups is 1. The summed E-state index contributed by atoms with van der Waals surface area (Å²) in [5.74, 6) is 0.161. The summed E-state index contributed by atoms with van der Waals surface area (Å²) in [7, 11) is 1.89. The zero-order valence-electron chi connectivity index (χ0n) is 10.2. The Kier molecular flexibility index (Phi) is 8.35. The lowest BCUT2D eigenvalue weighted by Crippen LogP contribution is -2.16. The minimum atomic E-state index is 0.161. The van der Waals surface area contributed by atoms with Gasteiger partial charge in [0.25, 0.3) is 0 Å². The Bertz CT molecular complexity index is 313. The maximum absolute atomic E-state index is 10.8. The molecule has 1 rings (SSSR count). The van der Waals surface area contributed by atoms with Crippen molar-refractivity contribution in [2.45, 2.75) is 25.7 Å². The minimum absolute atomic E-state index is 0.161. The lowest BCUT2D eigenvalue weighted by Gasteiger charge is -2.12. The van der Waals surface area contributed by atoms with Crippen LogP contribution in [0.4, 0.5) is 0 Å². The number of benzene rings is 1. The Morgan fingerprint density at radius 2 is 1.81 bits per heavy atom. The second-order valence-corrected chi connectivity index (χ2v) is 4.75. The molecule has 0 radical (unpaired) electrons. The molecule has 0 aliphatic heterocycles. The molecule has 1 aromatic rings. The normalized spacial score (nSPS) is 9.62. The number of hydrogen-bond acceptors (Lipinski definition) is 3. The van der Waals surface area contributed by atoms with Gasteiger partial charge in [0, 0.05) is 9.92 Å². The number of Topliss-reactive ketones (excluding diaryl/α,β-unsaturated/α-hetero) is 1. The summed E-state index contributed by atoms with van der Waals surface area (Å²) in [5.41, 5.74) is 0. The second-order valence-electron chi connectivity index (χ2n) is 3.03. The van der Waals surface area contributed by atoms with E-state index in [1.165, 1.54) is 11.9 Å². The van der Waals surface area contributed by atoms with Gasteiger partial charge in [0.05, 0.1) is 6.54 Å². The van der Waals surface area contributed by atoms with Gasteiger partial charge in [0.1, 0.15) is 5.78 Å². The van der Waals surface area contributed by atoms with Crippen LogP contribution in [0.1, 0.15) is 20.8 Å². The lowest BCUT2D eigenvalue weighted by atomic mass is 10.4. The predicted octanol–water partition coefficient (Wildman–Crippen LogP) is 3.89. The van der Waals surface area contributed by atoms with Crippen LogP contribution in [0, 0.1) is 0 Å². The third-order valence-corrected chi connectivity index (χ3v) is 2.70. The molecule has 0 N–H and O–H groups in total. The molecular weight excluding hydrogens is 242 g/mol. The molecule has 0 heterocycles. The molecule has 16 heavy (non-hydrogen) atoms. The van der Waals surface area contributed by atoms with Crippen LogP contribution in [0.2, 0.25) is 5.02 Å². The lowest BCUT2D eigenvalue weighted by molar-refractivity contribution is -0.116. The van der Waals surface area contributed by atoms with Crippen LogP contribution in [0.3, 0.4) is 0 Å². The number of carbonyl (C=O) groups excluding carboxylic acids is 1. The first kappa shape index (κ1) is 15.5. The third kappa shape index (κ3) is 6.88. The summed E-state index contributed by atoms with van der Waals surface area (Å²) in [6.07, 6.45) is 0. The van der Waals surface area contributed by atoms with Gasteiger partial charge in [0.15, 0.2) is 0 Å². The summed E-state index contributed by atoms with van der Waals surface area (Å²) in [4.78, 5) is 11.9. The van der Waals surface area contributed by atoms with Crippen LogP contribution < -0.4 is 0 Å². The number of hydrogen-bond donors (Lipinski definition) is 0. The topological polar surface area (TPSA) is 20.3 Å². The Balaban J connectivity index is 0.00000106. The van der Waals surface area contributed by atoms with Gasteiger partial charge in [-0.3, -0.25) is 4.79 Å². The molecule has 0 unspecified atom stereocenters. The number of likely N-dealkylation sites (N-methyl/N-ethyl adjacent to an activating group) is 1. The number of ketones is 1. The van der Waals surface area contributed by atoms with E-state index in [1.54, 1.807) is 6.92 Å². The van der Waals surface area contributed by atoms with E-state index in [1.807, 2.05) is 49.5 Å². The van der Waals surface area contributed by atoms with Gasteiger partial charge in [-0.15, -0.1) is 0 Å². The largest absolute Gasteiger partial charge is 0.299 e. The first-order valence-electron chi connectivity index (χ1n) is 5.22. The maximum atomic E-state index is 10.8. The highest BCUT2D eigenvalue weighted by molar-refractivity contribution is 7.97. The molecule has 0 aromatic heterocycles. The fraction of sp³-hybridized carbons (Fsp3) is 0.417. The highest BCUT2D eigenvalue weighted by Gasteiger charge is 2.03. The van der Waals surface area contributed by atoms with Crippen molar-refractivity contribution in [3.05, 3.63) is 29.3 Å². The first-order valence-corrected chi connectivity index (χ1v) is 6.37. The van der Waals surface area contributed by atoms with Crippen molar-refractivity contribution in [2.75, 3.05) is 13.6 Å². The Morgan fingerprint density at radius 3 is 2.25 bits per heavy atom. The number of rotatable bonds is 4. The molecule has 0 fully saturated rings. The molecule has 0 amide bonds. The van der Waals surface area contributed by atoms with Crippen molar-refractivity contribution >= 4 is 29.3 Å². The van der Waals surface area contributed by atoms with E-state index >= 15 is 0 Å². The number of nitrogens with zero attached hydrogens (tertiary/aromatic N) is 1. The minimum Gasteiger partial charge on any atom is -0.299 e. The molecule has 0 aliphatic carbocycles. The van der Waals surface area contributed by atoms with Crippen molar-refractivity contribution in [2.24, 2.45) is 0 Å². The first-order chi connectivity index (χ1) is 7.58. The van der Waals surface area contributed by atoms with Crippen LogP contribution in [-0.4, -0.2) is 23.7 Å². The maximum Gasteiger partial charge on any atom is 0.144 e. The zero-order valence-corrected chi connectivity index (χ0v) is 11.7. The standard InChI is InChI=1S/C10H12ClNOS.C2H6/c1-8(13)7-12(2)14-10-5-3-9(11)4-6-10;1-2/h3-6H,7H2,1-2H3;1-2H3. The molecule has 0 bridgehead atoms. The van der Waals surface area contributed by atoms with Crippen molar-refractivity contribution in [3.63, 3.8) is 0 Å². The quantitative estimate of drug-likeness (QED) is 0.765. The van der Waals surface area contributed by atoms with Crippen LogP contribution >= 0.6 is 23.5 Å². The molecule has 1 aromatic carbocycles. The summed E-state index contributed by atoms with van der Waals surface area (Å²) >= 11 is 7.29. The van der Waals surface area contributed by atoms with E-state index in [4.69, 9.17) is 11.6 Å². The molecule has 4 heteroatoms. The smallest absolute Gasteiger partial charge is 0.144 e. The average molecular weight is 260 g/mol. The van der Waals surface area contributed by atoms with Crippen LogP contribution in [-0.2, 0) is 4.79 Å². The molecular formula is C12H18ClNOS. The Hall–Kier alpha value is -0.510. The molecule has 0 atom stereocenters. The average Bonchev–Trinajstić information content (AvgIpc) is 2.23. The summed E-state index contributed by atoms with van der Waals surface area (Å²) in [5, 5.41) is 0.726. The van der Waals surface area contributed by atoms with E-state index in [2.05, 4.69) is 0 Å². The molecule has 0 saturated carbocycles.